The van der Waals surface area contributed by atoms with Crippen molar-refractivity contribution in [2.24, 2.45) is 5.10 Å². The molecule has 0 atom stereocenters. The number of amides is 1. The quantitative estimate of drug-likeness (QED) is 0.260. The number of carbonyl (C=O) groups is 1. The van der Waals surface area contributed by atoms with E-state index < -0.39 is 0 Å². The Labute approximate surface area is 189 Å². The molecule has 0 aromatic heterocycles. The van der Waals surface area contributed by atoms with Crippen molar-refractivity contribution < 1.29 is 19.0 Å². The number of hydrogen-bond acceptors (Lipinski definition) is 5. The van der Waals surface area contributed by atoms with Crippen molar-refractivity contribution in [1.29, 1.82) is 0 Å². The molecular weight excluding hydrogens is 495 g/mol. The van der Waals surface area contributed by atoms with Gasteiger partial charge in [0, 0.05) is 3.57 Å². The standard InChI is InChI=1S/C23H21IN2O4/c1-28-21-4-2-3-5-22(21)30-16-23(27)26-25-14-17-8-12-20(13-9-17)29-15-18-6-10-19(24)11-7-18/h2-14H,15-16H2,1H3,(H,26,27)/b25-14+. The number of benzene rings is 3. The molecule has 0 bridgehead atoms. The Kier molecular flexibility index (Phi) is 8.08. The summed E-state index contributed by atoms with van der Waals surface area (Å²) >= 11 is 2.27. The summed E-state index contributed by atoms with van der Waals surface area (Å²) in [4.78, 5) is 11.9. The molecule has 6 nitrogen and oxygen atoms in total. The van der Waals surface area contributed by atoms with Crippen LogP contribution in [0.3, 0.4) is 0 Å². The smallest absolute Gasteiger partial charge is 0.277 e. The van der Waals surface area contributed by atoms with Crippen LogP contribution in [0.4, 0.5) is 0 Å². The second-order valence-corrected chi connectivity index (χ2v) is 7.46. The van der Waals surface area contributed by atoms with E-state index in [4.69, 9.17) is 14.2 Å². The van der Waals surface area contributed by atoms with Gasteiger partial charge in [0.05, 0.1) is 13.3 Å². The van der Waals surface area contributed by atoms with Crippen molar-refractivity contribution >= 4 is 34.7 Å². The van der Waals surface area contributed by atoms with Crippen molar-refractivity contribution in [2.75, 3.05) is 13.7 Å². The largest absolute Gasteiger partial charge is 0.493 e. The molecule has 0 fully saturated rings. The topological polar surface area (TPSA) is 69.2 Å². The summed E-state index contributed by atoms with van der Waals surface area (Å²) in [5.74, 6) is 1.47. The molecule has 0 saturated carbocycles. The van der Waals surface area contributed by atoms with E-state index in [9.17, 15) is 4.79 Å². The average molecular weight is 516 g/mol. The molecule has 1 N–H and O–H groups in total. The highest BCUT2D eigenvalue weighted by Crippen LogP contribution is 2.25. The summed E-state index contributed by atoms with van der Waals surface area (Å²) in [6, 6.07) is 22.8. The first-order valence-electron chi connectivity index (χ1n) is 9.19. The van der Waals surface area contributed by atoms with Crippen LogP contribution in [0.25, 0.3) is 0 Å². The number of ether oxygens (including phenoxy) is 3. The van der Waals surface area contributed by atoms with Gasteiger partial charge in [-0.15, -0.1) is 0 Å². The lowest BCUT2D eigenvalue weighted by molar-refractivity contribution is -0.123. The van der Waals surface area contributed by atoms with Gasteiger partial charge < -0.3 is 14.2 Å². The molecule has 0 spiro atoms. The summed E-state index contributed by atoms with van der Waals surface area (Å²) in [6.45, 7) is 0.343. The van der Waals surface area contributed by atoms with Crippen LogP contribution in [0.5, 0.6) is 17.2 Å². The van der Waals surface area contributed by atoms with Gasteiger partial charge in [0.15, 0.2) is 18.1 Å². The van der Waals surface area contributed by atoms with E-state index in [1.54, 1.807) is 25.5 Å². The third-order valence-electron chi connectivity index (χ3n) is 4.03. The fourth-order valence-electron chi connectivity index (χ4n) is 2.49. The zero-order valence-electron chi connectivity index (χ0n) is 16.4. The van der Waals surface area contributed by atoms with E-state index in [1.165, 1.54) is 3.57 Å². The minimum Gasteiger partial charge on any atom is -0.493 e. The van der Waals surface area contributed by atoms with Crippen LogP contribution in [0.1, 0.15) is 11.1 Å². The lowest BCUT2D eigenvalue weighted by Crippen LogP contribution is -2.24. The maximum atomic E-state index is 11.9. The minimum atomic E-state index is -0.366. The third kappa shape index (κ3) is 6.77. The van der Waals surface area contributed by atoms with Gasteiger partial charge in [0.2, 0.25) is 0 Å². The van der Waals surface area contributed by atoms with Gasteiger partial charge in [0.25, 0.3) is 5.91 Å². The molecule has 3 rings (SSSR count). The summed E-state index contributed by atoms with van der Waals surface area (Å²) in [6.07, 6.45) is 1.56. The predicted octanol–water partition coefficient (Wildman–Crippen LogP) is 4.41. The number of hydrogen-bond donors (Lipinski definition) is 1. The van der Waals surface area contributed by atoms with Gasteiger partial charge in [-0.05, 0) is 82.2 Å². The highest BCUT2D eigenvalue weighted by atomic mass is 127. The molecule has 0 saturated heterocycles. The summed E-state index contributed by atoms with van der Waals surface area (Å²) in [7, 11) is 1.55. The number of nitrogens with one attached hydrogen (secondary N) is 1. The van der Waals surface area contributed by atoms with E-state index >= 15 is 0 Å². The van der Waals surface area contributed by atoms with Crippen molar-refractivity contribution in [3.8, 4) is 17.2 Å². The maximum Gasteiger partial charge on any atom is 0.277 e. The van der Waals surface area contributed by atoms with Crippen molar-refractivity contribution in [1.82, 2.24) is 5.43 Å². The average Bonchev–Trinajstić information content (AvgIpc) is 2.78. The van der Waals surface area contributed by atoms with Crippen LogP contribution in [0.15, 0.2) is 77.9 Å². The Bertz CT molecular complexity index is 989. The molecule has 0 aliphatic heterocycles. The Hall–Kier alpha value is -3.07. The van der Waals surface area contributed by atoms with Crippen LogP contribution >= 0.6 is 22.6 Å². The summed E-state index contributed by atoms with van der Waals surface area (Å²) in [5.41, 5.74) is 4.38. The number of rotatable bonds is 9. The molecule has 154 valence electrons. The van der Waals surface area contributed by atoms with Gasteiger partial charge in [-0.3, -0.25) is 4.79 Å². The van der Waals surface area contributed by atoms with Crippen molar-refractivity contribution in [3.63, 3.8) is 0 Å². The Balaban J connectivity index is 1.43. The maximum absolute atomic E-state index is 11.9. The van der Waals surface area contributed by atoms with Gasteiger partial charge in [0.1, 0.15) is 12.4 Å². The molecule has 0 unspecified atom stereocenters. The van der Waals surface area contributed by atoms with E-state index in [0.29, 0.717) is 18.1 Å². The summed E-state index contributed by atoms with van der Waals surface area (Å²) < 4.78 is 17.6. The Morgan fingerprint density at radius 1 is 0.967 bits per heavy atom. The van der Waals surface area contributed by atoms with Gasteiger partial charge in [-0.25, -0.2) is 5.43 Å². The molecule has 0 heterocycles. The highest BCUT2D eigenvalue weighted by Gasteiger charge is 2.06. The number of nitrogens with zero attached hydrogens (tertiary/aromatic N) is 1. The van der Waals surface area contributed by atoms with Crippen molar-refractivity contribution in [3.05, 3.63) is 87.5 Å². The molecule has 0 aliphatic rings. The van der Waals surface area contributed by atoms with E-state index in [1.807, 2.05) is 48.5 Å². The lowest BCUT2D eigenvalue weighted by Gasteiger charge is -2.09. The number of hydrazone groups is 1. The number of carbonyl (C=O) groups excluding carboxylic acids is 1. The zero-order chi connectivity index (χ0) is 21.2. The van der Waals surface area contributed by atoms with Crippen LogP contribution in [-0.4, -0.2) is 25.8 Å². The molecule has 3 aromatic carbocycles. The first-order chi connectivity index (χ1) is 14.6. The monoisotopic (exact) mass is 516 g/mol. The fourth-order valence-corrected chi connectivity index (χ4v) is 2.85. The Morgan fingerprint density at radius 2 is 1.67 bits per heavy atom. The zero-order valence-corrected chi connectivity index (χ0v) is 18.5. The molecule has 1 amide bonds. The van der Waals surface area contributed by atoms with Crippen LogP contribution in [0, 0.1) is 3.57 Å². The van der Waals surface area contributed by atoms with E-state index in [-0.39, 0.29) is 12.5 Å². The fraction of sp³-hybridized carbons (Fsp3) is 0.130. The van der Waals surface area contributed by atoms with Gasteiger partial charge >= 0.3 is 0 Å². The highest BCUT2D eigenvalue weighted by molar-refractivity contribution is 14.1. The van der Waals surface area contributed by atoms with Gasteiger partial charge in [-0.2, -0.15) is 5.10 Å². The lowest BCUT2D eigenvalue weighted by atomic mass is 10.2. The van der Waals surface area contributed by atoms with Crippen LogP contribution in [-0.2, 0) is 11.4 Å². The molecule has 0 radical (unpaired) electrons. The third-order valence-corrected chi connectivity index (χ3v) is 4.75. The second-order valence-electron chi connectivity index (χ2n) is 6.22. The number of para-hydroxylation sites is 2. The molecular formula is C23H21IN2O4. The molecule has 3 aromatic rings. The normalized spacial score (nSPS) is 10.6. The number of methoxy groups -OCH3 is 1. The Morgan fingerprint density at radius 3 is 2.37 bits per heavy atom. The molecule has 0 aliphatic carbocycles. The predicted molar refractivity (Wildman–Crippen MR) is 124 cm³/mol. The first kappa shape index (κ1) is 21.6. The van der Waals surface area contributed by atoms with Crippen LogP contribution < -0.4 is 19.6 Å². The number of halogens is 1. The molecule has 30 heavy (non-hydrogen) atoms. The SMILES string of the molecule is COc1ccccc1OCC(=O)N/N=C/c1ccc(OCc2ccc(I)cc2)cc1. The minimum absolute atomic E-state index is 0.164. The van der Waals surface area contributed by atoms with E-state index in [2.05, 4.69) is 45.3 Å². The molecule has 7 heteroatoms. The second kappa shape index (κ2) is 11.2. The summed E-state index contributed by atoms with van der Waals surface area (Å²) in [5, 5.41) is 3.95. The van der Waals surface area contributed by atoms with Gasteiger partial charge in [-0.1, -0.05) is 24.3 Å². The first-order valence-corrected chi connectivity index (χ1v) is 10.3. The van der Waals surface area contributed by atoms with E-state index in [0.717, 1.165) is 16.9 Å². The van der Waals surface area contributed by atoms with Crippen LogP contribution in [0.2, 0.25) is 0 Å². The van der Waals surface area contributed by atoms with Crippen molar-refractivity contribution in [2.45, 2.75) is 6.61 Å².